The largest absolute Gasteiger partial charge is 0.391 e. The maximum atomic E-state index is 13.0. The molecule has 8 heteroatoms. The molecule has 1 N–H and O–H groups in total. The maximum Gasteiger partial charge on any atom is 0.228 e. The van der Waals surface area contributed by atoms with E-state index in [1.165, 1.54) is 6.33 Å². The number of imidazole rings is 1. The summed E-state index contributed by atoms with van der Waals surface area (Å²) in [5.41, 5.74) is 2.92. The molecule has 4 heterocycles. The minimum absolute atomic E-state index is 0.0550. The Labute approximate surface area is 162 Å². The summed E-state index contributed by atoms with van der Waals surface area (Å²) in [5, 5.41) is 14.8. The van der Waals surface area contributed by atoms with Gasteiger partial charge in [0.05, 0.1) is 24.3 Å². The molecule has 1 saturated heterocycles. The molecule has 0 radical (unpaired) electrons. The summed E-state index contributed by atoms with van der Waals surface area (Å²) in [6.07, 6.45) is 8.36. The van der Waals surface area contributed by atoms with Crippen molar-refractivity contribution in [1.29, 1.82) is 0 Å². The quantitative estimate of drug-likeness (QED) is 0.739. The number of aliphatic hydroxyl groups excluding tert-OH is 1. The summed E-state index contributed by atoms with van der Waals surface area (Å²) >= 11 is 0. The fourth-order valence-corrected chi connectivity index (χ4v) is 4.88. The zero-order valence-corrected chi connectivity index (χ0v) is 15.8. The third kappa shape index (κ3) is 2.88. The van der Waals surface area contributed by atoms with E-state index in [9.17, 15) is 9.90 Å². The number of aliphatic hydroxyl groups is 1. The molecule has 8 nitrogen and oxygen atoms in total. The van der Waals surface area contributed by atoms with Gasteiger partial charge in [0.15, 0.2) is 0 Å². The summed E-state index contributed by atoms with van der Waals surface area (Å²) in [4.78, 5) is 23.4. The molecule has 0 aromatic carbocycles. The molecule has 2 aliphatic rings. The fourth-order valence-electron chi connectivity index (χ4n) is 4.88. The topological polar surface area (TPSA) is 88.5 Å². The van der Waals surface area contributed by atoms with E-state index in [1.807, 2.05) is 34.6 Å². The van der Waals surface area contributed by atoms with Crippen molar-refractivity contribution in [2.24, 2.45) is 11.8 Å². The molecule has 3 aromatic rings. The van der Waals surface area contributed by atoms with E-state index in [0.29, 0.717) is 24.7 Å². The Morgan fingerprint density at radius 1 is 1.29 bits per heavy atom. The standard InChI is InChI=1S/C20H24N6O2/c1-13-3-2-4-25-16(8-22-20(13)25)7-19(28)24-9-14-5-17(26-12-21-11-23-26)18(27)6-15(14)10-24/h2-4,8,11-12,14-15,17-18,27H,5-7,9-10H2,1H3/t14-,15+,17-,18-/m1/s1. The Kier molecular flexibility index (Phi) is 4.16. The Balaban J connectivity index is 1.29. The smallest absolute Gasteiger partial charge is 0.228 e. The van der Waals surface area contributed by atoms with Gasteiger partial charge in [0, 0.05) is 25.5 Å². The Hall–Kier alpha value is -2.74. The highest BCUT2D eigenvalue weighted by Gasteiger charge is 2.43. The van der Waals surface area contributed by atoms with Crippen molar-refractivity contribution in [2.45, 2.75) is 38.3 Å². The summed E-state index contributed by atoms with van der Waals surface area (Å²) in [7, 11) is 0. The first kappa shape index (κ1) is 17.4. The Morgan fingerprint density at radius 2 is 2.11 bits per heavy atom. The monoisotopic (exact) mass is 380 g/mol. The van der Waals surface area contributed by atoms with Gasteiger partial charge in [0.25, 0.3) is 0 Å². The molecule has 28 heavy (non-hydrogen) atoms. The molecule has 1 saturated carbocycles. The van der Waals surface area contributed by atoms with Crippen LogP contribution in [0.15, 0.2) is 37.2 Å². The van der Waals surface area contributed by atoms with E-state index < -0.39 is 6.10 Å². The second-order valence-electron chi connectivity index (χ2n) is 8.11. The van der Waals surface area contributed by atoms with E-state index >= 15 is 0 Å². The van der Waals surface area contributed by atoms with Gasteiger partial charge in [-0.15, -0.1) is 0 Å². The lowest BCUT2D eigenvalue weighted by Crippen LogP contribution is -2.36. The summed E-state index contributed by atoms with van der Waals surface area (Å²) in [6, 6.07) is 3.95. The zero-order chi connectivity index (χ0) is 19.3. The van der Waals surface area contributed by atoms with Gasteiger partial charge in [-0.1, -0.05) is 6.07 Å². The number of carbonyl (C=O) groups excluding carboxylic acids is 1. The lowest BCUT2D eigenvalue weighted by Gasteiger charge is -2.34. The van der Waals surface area contributed by atoms with Crippen LogP contribution in [0.2, 0.25) is 0 Å². The van der Waals surface area contributed by atoms with E-state index in [-0.39, 0.29) is 11.9 Å². The highest BCUT2D eigenvalue weighted by Crippen LogP contribution is 2.41. The number of amides is 1. The first-order valence-corrected chi connectivity index (χ1v) is 9.81. The van der Waals surface area contributed by atoms with Gasteiger partial charge in [0.2, 0.25) is 5.91 Å². The predicted octanol–water partition coefficient (Wildman–Crippen LogP) is 1.25. The molecule has 4 atom stereocenters. The summed E-state index contributed by atoms with van der Waals surface area (Å²) in [5.74, 6) is 0.874. The molecule has 5 rings (SSSR count). The van der Waals surface area contributed by atoms with Crippen LogP contribution in [0.3, 0.4) is 0 Å². The van der Waals surface area contributed by atoms with Crippen molar-refractivity contribution < 1.29 is 9.90 Å². The number of nitrogens with zero attached hydrogens (tertiary/aromatic N) is 6. The lowest BCUT2D eigenvalue weighted by molar-refractivity contribution is -0.129. The van der Waals surface area contributed by atoms with Crippen LogP contribution < -0.4 is 0 Å². The van der Waals surface area contributed by atoms with Crippen molar-refractivity contribution >= 4 is 11.6 Å². The van der Waals surface area contributed by atoms with Crippen LogP contribution in [0, 0.1) is 18.8 Å². The minimum Gasteiger partial charge on any atom is -0.391 e. The highest BCUT2D eigenvalue weighted by atomic mass is 16.3. The molecule has 1 amide bonds. The SMILES string of the molecule is Cc1cccn2c(CC(=O)N3C[C@H]4C[C@@H](n5cncn5)[C@H](O)C[C@H]4C3)cnc12. The van der Waals surface area contributed by atoms with Gasteiger partial charge in [-0.2, -0.15) is 5.10 Å². The van der Waals surface area contributed by atoms with Crippen molar-refractivity contribution in [3.8, 4) is 0 Å². The third-order valence-corrected chi connectivity index (χ3v) is 6.38. The molecule has 1 aliphatic heterocycles. The first-order chi connectivity index (χ1) is 13.6. The van der Waals surface area contributed by atoms with Gasteiger partial charge in [0.1, 0.15) is 18.3 Å². The molecule has 0 spiro atoms. The molecule has 3 aromatic heterocycles. The van der Waals surface area contributed by atoms with E-state index in [2.05, 4.69) is 15.1 Å². The van der Waals surface area contributed by atoms with Gasteiger partial charge in [-0.05, 0) is 43.2 Å². The maximum absolute atomic E-state index is 13.0. The Morgan fingerprint density at radius 3 is 2.89 bits per heavy atom. The molecule has 0 unspecified atom stereocenters. The number of fused-ring (bicyclic) bond motifs is 2. The molecular weight excluding hydrogens is 356 g/mol. The van der Waals surface area contributed by atoms with Crippen LogP contribution in [0.4, 0.5) is 0 Å². The summed E-state index contributed by atoms with van der Waals surface area (Å²) in [6.45, 7) is 3.49. The fraction of sp³-hybridized carbons (Fsp3) is 0.500. The van der Waals surface area contributed by atoms with E-state index in [0.717, 1.165) is 36.4 Å². The van der Waals surface area contributed by atoms with Crippen molar-refractivity contribution in [3.63, 3.8) is 0 Å². The van der Waals surface area contributed by atoms with Crippen LogP contribution >= 0.6 is 0 Å². The van der Waals surface area contributed by atoms with Gasteiger partial charge >= 0.3 is 0 Å². The number of rotatable bonds is 3. The number of hydrogen-bond acceptors (Lipinski definition) is 5. The molecule has 146 valence electrons. The molecular formula is C20H24N6O2. The van der Waals surface area contributed by atoms with Crippen LogP contribution in [-0.2, 0) is 11.2 Å². The molecule has 0 bridgehead atoms. The molecule has 2 fully saturated rings. The lowest BCUT2D eigenvalue weighted by atomic mass is 9.77. The van der Waals surface area contributed by atoms with Gasteiger partial charge in [-0.25, -0.2) is 14.6 Å². The van der Waals surface area contributed by atoms with E-state index in [1.54, 1.807) is 17.2 Å². The number of aromatic nitrogens is 5. The average molecular weight is 380 g/mol. The van der Waals surface area contributed by atoms with Crippen LogP contribution in [-0.4, -0.2) is 59.3 Å². The zero-order valence-electron chi connectivity index (χ0n) is 15.8. The van der Waals surface area contributed by atoms with Gasteiger partial charge < -0.3 is 14.4 Å². The van der Waals surface area contributed by atoms with Crippen molar-refractivity contribution in [2.75, 3.05) is 13.1 Å². The molecule has 1 aliphatic carbocycles. The summed E-state index contributed by atoms with van der Waals surface area (Å²) < 4.78 is 3.76. The number of pyridine rings is 1. The second kappa shape index (κ2) is 6.70. The van der Waals surface area contributed by atoms with Crippen molar-refractivity contribution in [3.05, 3.63) is 48.4 Å². The predicted molar refractivity (Wildman–Crippen MR) is 101 cm³/mol. The number of carbonyl (C=O) groups is 1. The number of hydrogen-bond donors (Lipinski definition) is 1. The van der Waals surface area contributed by atoms with Crippen LogP contribution in [0.5, 0.6) is 0 Å². The van der Waals surface area contributed by atoms with Crippen LogP contribution in [0.25, 0.3) is 5.65 Å². The second-order valence-corrected chi connectivity index (χ2v) is 8.11. The Bertz CT molecular complexity index is 997. The van der Waals surface area contributed by atoms with E-state index in [4.69, 9.17) is 0 Å². The minimum atomic E-state index is -0.445. The normalized spacial score (nSPS) is 27.3. The van der Waals surface area contributed by atoms with Crippen molar-refractivity contribution in [1.82, 2.24) is 29.0 Å². The first-order valence-electron chi connectivity index (χ1n) is 9.81. The highest BCUT2D eigenvalue weighted by molar-refractivity contribution is 5.79. The average Bonchev–Trinajstić information content (AvgIpc) is 3.41. The number of aryl methyl sites for hydroxylation is 1. The van der Waals surface area contributed by atoms with Gasteiger partial charge in [-0.3, -0.25) is 4.79 Å². The third-order valence-electron chi connectivity index (χ3n) is 6.38. The number of likely N-dealkylation sites (tertiary alicyclic amines) is 1. The van der Waals surface area contributed by atoms with Crippen LogP contribution in [0.1, 0.15) is 30.1 Å².